The van der Waals surface area contributed by atoms with Gasteiger partial charge in [0.15, 0.2) is 30.4 Å². The lowest BCUT2D eigenvalue weighted by molar-refractivity contribution is -0.238. The second-order valence-corrected chi connectivity index (χ2v) is 10.7. The Morgan fingerprint density at radius 3 is 1.58 bits per heavy atom. The minimum absolute atomic E-state index is 0.0187. The van der Waals surface area contributed by atoms with Crippen LogP contribution in [0.2, 0.25) is 0 Å². The third-order valence-electron chi connectivity index (χ3n) is 7.07. The zero-order valence-corrected chi connectivity index (χ0v) is 22.4. The zero-order chi connectivity index (χ0) is 25.2. The topological polar surface area (TPSA) is 92.7 Å². The van der Waals surface area contributed by atoms with Crippen molar-refractivity contribution in [3.63, 3.8) is 0 Å². The van der Waals surface area contributed by atoms with Crippen LogP contribution in [0.4, 0.5) is 0 Å². The van der Waals surface area contributed by atoms with Gasteiger partial charge in [-0.2, -0.15) is 0 Å². The van der Waals surface area contributed by atoms with Crippen molar-refractivity contribution in [3.8, 4) is 0 Å². The Morgan fingerprint density at radius 1 is 0.788 bits per heavy atom. The van der Waals surface area contributed by atoms with Gasteiger partial charge in [0.1, 0.15) is 17.8 Å². The van der Waals surface area contributed by atoms with Gasteiger partial charge < -0.3 is 38.3 Å². The number of hydrogen-bond acceptors (Lipinski definition) is 8. The number of rotatable bonds is 4. The molecule has 0 bridgehead atoms. The van der Waals surface area contributed by atoms with Crippen molar-refractivity contribution in [2.75, 3.05) is 11.9 Å². The SMILES string of the molecule is CC[C@@]1(C=O)O[C@@H]2OC(C)(C)O[C@@H]2[C@@H]1C.CC[C@@]1(CO)O[C@@H]2OC(C)(C)O[C@@H]2[C@@H]1C.ClCCl. The zero-order valence-electron chi connectivity index (χ0n) is 20.9. The molecular formula is C23H40Cl2O8. The Balaban J connectivity index is 0.000000209. The maximum absolute atomic E-state index is 11.1. The van der Waals surface area contributed by atoms with Gasteiger partial charge >= 0.3 is 0 Å². The Bertz CT molecular complexity index is 656. The Morgan fingerprint density at radius 2 is 1.24 bits per heavy atom. The maximum Gasteiger partial charge on any atom is 0.188 e. The van der Waals surface area contributed by atoms with Crippen molar-refractivity contribution in [2.45, 2.75) is 116 Å². The highest BCUT2D eigenvalue weighted by atomic mass is 35.5. The monoisotopic (exact) mass is 514 g/mol. The fourth-order valence-corrected chi connectivity index (χ4v) is 4.94. The normalized spacial score (nSPS) is 44.2. The summed E-state index contributed by atoms with van der Waals surface area (Å²) in [6.45, 7) is 15.5. The van der Waals surface area contributed by atoms with Crippen molar-refractivity contribution in [1.29, 1.82) is 0 Å². The van der Waals surface area contributed by atoms with Crippen molar-refractivity contribution in [2.24, 2.45) is 11.8 Å². The molecule has 4 aliphatic heterocycles. The lowest BCUT2D eigenvalue weighted by Crippen LogP contribution is -2.42. The molecule has 0 unspecified atom stereocenters. The number of carbonyl (C=O) groups is 1. The largest absolute Gasteiger partial charge is 0.393 e. The van der Waals surface area contributed by atoms with Gasteiger partial charge in [0, 0.05) is 11.8 Å². The summed E-state index contributed by atoms with van der Waals surface area (Å²) in [7, 11) is 0. The highest BCUT2D eigenvalue weighted by Gasteiger charge is 2.60. The molecule has 0 aromatic rings. The summed E-state index contributed by atoms with van der Waals surface area (Å²) in [5, 5.41) is 9.63. The minimum Gasteiger partial charge on any atom is -0.393 e. The molecule has 4 rings (SSSR count). The molecule has 0 spiro atoms. The quantitative estimate of drug-likeness (QED) is 0.441. The van der Waals surface area contributed by atoms with Crippen LogP contribution < -0.4 is 0 Å². The van der Waals surface area contributed by atoms with Crippen molar-refractivity contribution in [1.82, 2.24) is 0 Å². The van der Waals surface area contributed by atoms with E-state index in [0.717, 1.165) is 12.7 Å². The van der Waals surface area contributed by atoms with E-state index in [1.165, 1.54) is 0 Å². The molecule has 0 aliphatic carbocycles. The van der Waals surface area contributed by atoms with Crippen molar-refractivity contribution < 1.29 is 38.3 Å². The molecule has 10 heteroatoms. The van der Waals surface area contributed by atoms with Crippen LogP contribution in [0.1, 0.15) is 68.2 Å². The predicted octanol–water partition coefficient (Wildman–Crippen LogP) is 4.17. The molecule has 1 N–H and O–H groups in total. The van der Waals surface area contributed by atoms with Crippen LogP contribution in [-0.4, -0.2) is 70.9 Å². The average Bonchev–Trinajstić information content (AvgIpc) is 3.38. The van der Waals surface area contributed by atoms with Gasteiger partial charge in [-0.05, 0) is 40.5 Å². The van der Waals surface area contributed by atoms with E-state index in [9.17, 15) is 9.90 Å². The van der Waals surface area contributed by atoms with E-state index in [4.69, 9.17) is 51.6 Å². The second-order valence-electron chi connectivity index (χ2n) is 9.85. The highest BCUT2D eigenvalue weighted by Crippen LogP contribution is 2.47. The third kappa shape index (κ3) is 5.87. The smallest absolute Gasteiger partial charge is 0.188 e. The maximum atomic E-state index is 11.1. The number of carbonyl (C=O) groups excluding carboxylic acids is 1. The number of halogens is 2. The molecule has 4 aliphatic rings. The van der Waals surface area contributed by atoms with Crippen LogP contribution in [0.3, 0.4) is 0 Å². The summed E-state index contributed by atoms with van der Waals surface area (Å²) in [5.74, 6) is -0.989. The Hall–Kier alpha value is -0.0300. The number of aliphatic hydroxyl groups excluding tert-OH is 1. The summed E-state index contributed by atoms with van der Waals surface area (Å²) in [6.07, 6.45) is 1.37. The summed E-state index contributed by atoms with van der Waals surface area (Å²) < 4.78 is 34.3. The van der Waals surface area contributed by atoms with Gasteiger partial charge in [0.05, 0.1) is 17.5 Å². The van der Waals surface area contributed by atoms with E-state index < -0.39 is 29.1 Å². The third-order valence-corrected chi connectivity index (χ3v) is 7.07. The Kier molecular flexibility index (Phi) is 9.67. The van der Waals surface area contributed by atoms with Gasteiger partial charge in [0.2, 0.25) is 0 Å². The minimum atomic E-state index is -0.730. The van der Waals surface area contributed by atoms with Crippen LogP contribution in [0.15, 0.2) is 0 Å². The van der Waals surface area contributed by atoms with E-state index in [-0.39, 0.29) is 42.3 Å². The van der Waals surface area contributed by atoms with E-state index in [0.29, 0.717) is 6.42 Å². The lowest BCUT2D eigenvalue weighted by Gasteiger charge is -2.32. The summed E-state index contributed by atoms with van der Waals surface area (Å²) >= 11 is 9.53. The van der Waals surface area contributed by atoms with Gasteiger partial charge in [-0.15, -0.1) is 23.2 Å². The molecule has 0 amide bonds. The molecule has 0 saturated carbocycles. The predicted molar refractivity (Wildman–Crippen MR) is 124 cm³/mol. The first kappa shape index (κ1) is 29.2. The summed E-state index contributed by atoms with van der Waals surface area (Å²) in [6, 6.07) is 0. The molecular weight excluding hydrogens is 475 g/mol. The summed E-state index contributed by atoms with van der Waals surface area (Å²) in [4.78, 5) is 11.1. The number of aliphatic hydroxyl groups is 1. The standard InChI is InChI=1S/C11H20O4.C11H18O4.CH2Cl2/c2*1-5-11(6-12)7(2)8-9(15-11)14-10(3,4)13-8;2-1-3/h7-9,12H,5-6H2,1-4H3;6-9H,5H2,1-4H3;1H2/t2*7-,8+,9-,11-;/m00./s1. The first-order valence-electron chi connectivity index (χ1n) is 11.6. The van der Waals surface area contributed by atoms with Gasteiger partial charge in [0.25, 0.3) is 0 Å². The Labute approximate surface area is 207 Å². The van der Waals surface area contributed by atoms with Crippen molar-refractivity contribution >= 4 is 29.5 Å². The highest BCUT2D eigenvalue weighted by molar-refractivity contribution is 6.40. The number of alkyl halides is 2. The summed E-state index contributed by atoms with van der Waals surface area (Å²) in [5.41, 5.74) is -1.22. The van der Waals surface area contributed by atoms with Crippen molar-refractivity contribution in [3.05, 3.63) is 0 Å². The van der Waals surface area contributed by atoms with Crippen LogP contribution in [0.5, 0.6) is 0 Å². The molecule has 0 aromatic carbocycles. The molecule has 4 fully saturated rings. The molecule has 4 heterocycles. The number of aldehydes is 1. The molecule has 33 heavy (non-hydrogen) atoms. The first-order chi connectivity index (χ1) is 15.3. The lowest BCUT2D eigenvalue weighted by atomic mass is 9.86. The number of ether oxygens (including phenoxy) is 6. The fourth-order valence-electron chi connectivity index (χ4n) is 4.94. The average molecular weight is 515 g/mol. The van der Waals surface area contributed by atoms with Gasteiger partial charge in [-0.1, -0.05) is 27.7 Å². The fraction of sp³-hybridized carbons (Fsp3) is 0.957. The molecule has 8 nitrogen and oxygen atoms in total. The molecule has 8 atom stereocenters. The molecule has 0 aromatic heterocycles. The molecule has 194 valence electrons. The number of fused-ring (bicyclic) bond motifs is 2. The first-order valence-corrected chi connectivity index (χ1v) is 12.6. The van der Waals surface area contributed by atoms with Crippen LogP contribution in [0.25, 0.3) is 0 Å². The van der Waals surface area contributed by atoms with E-state index in [1.54, 1.807) is 0 Å². The molecule has 0 radical (unpaired) electrons. The van der Waals surface area contributed by atoms with Crippen LogP contribution in [-0.2, 0) is 33.2 Å². The molecule has 4 saturated heterocycles. The van der Waals surface area contributed by atoms with Crippen LogP contribution >= 0.6 is 23.2 Å². The van der Waals surface area contributed by atoms with Gasteiger partial charge in [-0.3, -0.25) is 0 Å². The van der Waals surface area contributed by atoms with E-state index in [1.807, 2.05) is 48.5 Å². The van der Waals surface area contributed by atoms with Crippen LogP contribution in [0, 0.1) is 11.8 Å². The van der Waals surface area contributed by atoms with E-state index >= 15 is 0 Å². The second kappa shape index (κ2) is 10.9. The number of hydrogen-bond donors (Lipinski definition) is 1. The van der Waals surface area contributed by atoms with E-state index in [2.05, 4.69) is 6.92 Å². The van der Waals surface area contributed by atoms with Gasteiger partial charge in [-0.25, -0.2) is 0 Å².